The van der Waals surface area contributed by atoms with Gasteiger partial charge < -0.3 is 50.4 Å². The van der Waals surface area contributed by atoms with Crippen LogP contribution in [0.1, 0.15) is 148 Å². The fraction of sp³-hybridized carbons (Fsp3) is 0.841. The second-order valence-corrected chi connectivity index (χ2v) is 16.0. The zero-order chi connectivity index (χ0) is 44.8. The Kier molecular flexibility index (Phi) is 34.5. The van der Waals surface area contributed by atoms with Crippen LogP contribution in [0.25, 0.3) is 0 Å². The zero-order valence-electron chi connectivity index (χ0n) is 37.0. The van der Waals surface area contributed by atoms with Crippen LogP contribution in [-0.4, -0.2) is 130 Å². The molecule has 0 unspecified atom stereocenters. The number of nitrogens with one attached hydrogen (secondary N) is 4. The Bertz CT molecular complexity index is 1230. The second kappa shape index (κ2) is 38.0. The summed E-state index contributed by atoms with van der Waals surface area (Å²) in [4.78, 5) is 82.5. The van der Waals surface area contributed by atoms with Crippen molar-refractivity contribution in [1.29, 1.82) is 0 Å². The number of carbonyl (C=O) groups excluding carboxylic acids is 5. The minimum absolute atomic E-state index is 0.0471. The van der Waals surface area contributed by atoms with Crippen molar-refractivity contribution in [2.45, 2.75) is 154 Å². The van der Waals surface area contributed by atoms with Crippen LogP contribution < -0.4 is 21.3 Å². The van der Waals surface area contributed by atoms with Gasteiger partial charge in [-0.25, -0.2) is 4.79 Å². The first kappa shape index (κ1) is 55.3. The number of Topliss-reactive ketones (excluding diaryl/α,β-unsaturated/α-hetero) is 1. The molecule has 61 heavy (non-hydrogen) atoms. The largest absolute Gasteiger partial charge is 0.481 e. The number of hydrogen-bond donors (Lipinski definition) is 6. The molecule has 1 aliphatic carbocycles. The summed E-state index contributed by atoms with van der Waals surface area (Å²) >= 11 is 0. The van der Waals surface area contributed by atoms with E-state index >= 15 is 0 Å². The number of hydrogen-bond acceptors (Lipinski definition) is 11. The molecule has 0 aromatic heterocycles. The summed E-state index contributed by atoms with van der Waals surface area (Å²) in [6.45, 7) is 3.95. The quantitative estimate of drug-likeness (QED) is 0.0465. The molecule has 0 radical (unpaired) electrons. The maximum atomic E-state index is 12.9. The smallest absolute Gasteiger partial charge is 0.326 e. The number of carboxylic acids is 2. The van der Waals surface area contributed by atoms with Gasteiger partial charge in [0.05, 0.1) is 39.6 Å². The SMILES string of the molecule is CC(=O)COCCOCCNC(=O)COCCOCCNC(=O)CC[C@H](NC(=O)[C@H]1CC[C@H](CNC(=O)CCCCCCCCCCCCCCCCC(=O)O)CC1)C(=O)O. The van der Waals surface area contributed by atoms with Crippen molar-refractivity contribution in [2.24, 2.45) is 11.8 Å². The highest BCUT2D eigenvalue weighted by molar-refractivity contribution is 5.85. The van der Waals surface area contributed by atoms with E-state index < -0.39 is 18.0 Å². The van der Waals surface area contributed by atoms with E-state index in [4.69, 9.17) is 24.1 Å². The lowest BCUT2D eigenvalue weighted by atomic mass is 9.81. The van der Waals surface area contributed by atoms with E-state index in [1.54, 1.807) is 0 Å². The van der Waals surface area contributed by atoms with Crippen molar-refractivity contribution in [2.75, 3.05) is 72.5 Å². The van der Waals surface area contributed by atoms with E-state index in [-0.39, 0.29) is 100 Å². The first-order chi connectivity index (χ1) is 29.5. The van der Waals surface area contributed by atoms with Crippen molar-refractivity contribution in [3.8, 4) is 0 Å². The van der Waals surface area contributed by atoms with Crippen LogP contribution in [0.3, 0.4) is 0 Å². The Hall–Kier alpha value is -3.67. The molecule has 1 fully saturated rings. The van der Waals surface area contributed by atoms with Crippen LogP contribution in [0, 0.1) is 11.8 Å². The summed E-state index contributed by atoms with van der Waals surface area (Å²) in [5.41, 5.74) is 0. The summed E-state index contributed by atoms with van der Waals surface area (Å²) in [5.74, 6) is -2.89. The van der Waals surface area contributed by atoms with Crippen molar-refractivity contribution in [1.82, 2.24) is 21.3 Å². The minimum atomic E-state index is -1.20. The van der Waals surface area contributed by atoms with Crippen LogP contribution in [0.15, 0.2) is 0 Å². The standard InChI is InChI=1S/C44H78N4O13/c1-35(49)33-60-30-28-59-27-25-46-41(52)34-61-31-29-58-26-24-45-40(51)23-22-38(44(56)57)48-43(55)37-20-18-36(19-21-37)32-47-39(50)16-14-12-10-8-6-4-2-3-5-7-9-11-13-15-17-42(53)54/h36-38H,2-34H2,1H3,(H,45,51)(H,46,52)(H,47,50)(H,48,55)(H,53,54)(H,56,57)/t36-,37-,38-/m0/s1. The molecule has 1 saturated carbocycles. The first-order valence-corrected chi connectivity index (χ1v) is 22.8. The lowest BCUT2D eigenvalue weighted by Gasteiger charge is -2.28. The van der Waals surface area contributed by atoms with E-state index in [0.717, 1.165) is 51.4 Å². The van der Waals surface area contributed by atoms with Crippen LogP contribution in [0.2, 0.25) is 0 Å². The normalized spacial score (nSPS) is 15.4. The molecule has 0 aliphatic heterocycles. The Morgan fingerprint density at radius 1 is 0.525 bits per heavy atom. The molecule has 1 aliphatic rings. The number of ether oxygens (including phenoxy) is 4. The maximum absolute atomic E-state index is 12.9. The molecule has 352 valence electrons. The molecular formula is C44H78N4O13. The predicted molar refractivity (Wildman–Crippen MR) is 229 cm³/mol. The molecule has 4 amide bonds. The lowest BCUT2D eigenvalue weighted by Crippen LogP contribution is -2.45. The van der Waals surface area contributed by atoms with Crippen LogP contribution in [0.5, 0.6) is 0 Å². The highest BCUT2D eigenvalue weighted by Crippen LogP contribution is 2.29. The van der Waals surface area contributed by atoms with Gasteiger partial charge in [0.15, 0.2) is 5.78 Å². The molecule has 17 heteroatoms. The van der Waals surface area contributed by atoms with E-state index in [0.29, 0.717) is 52.2 Å². The molecule has 1 atom stereocenters. The molecule has 0 spiro atoms. The number of aliphatic carboxylic acids is 2. The van der Waals surface area contributed by atoms with Gasteiger partial charge in [-0.15, -0.1) is 0 Å². The summed E-state index contributed by atoms with van der Waals surface area (Å²) in [5, 5.41) is 29.3. The summed E-state index contributed by atoms with van der Waals surface area (Å²) in [7, 11) is 0. The molecule has 17 nitrogen and oxygen atoms in total. The Morgan fingerprint density at radius 3 is 1.49 bits per heavy atom. The lowest BCUT2D eigenvalue weighted by molar-refractivity contribution is -0.143. The highest BCUT2D eigenvalue weighted by Gasteiger charge is 2.29. The van der Waals surface area contributed by atoms with Crippen LogP contribution >= 0.6 is 0 Å². The first-order valence-electron chi connectivity index (χ1n) is 22.8. The van der Waals surface area contributed by atoms with Gasteiger partial charge in [0, 0.05) is 44.8 Å². The number of rotatable bonds is 41. The van der Waals surface area contributed by atoms with E-state index in [1.165, 1.54) is 58.3 Å². The van der Waals surface area contributed by atoms with E-state index in [9.17, 15) is 38.7 Å². The zero-order valence-corrected chi connectivity index (χ0v) is 37.0. The molecule has 0 bridgehead atoms. The highest BCUT2D eigenvalue weighted by atomic mass is 16.5. The predicted octanol–water partition coefficient (Wildman–Crippen LogP) is 4.47. The number of ketones is 1. The Balaban J connectivity index is 2.01. The van der Waals surface area contributed by atoms with Gasteiger partial charge in [0.25, 0.3) is 0 Å². The number of unbranched alkanes of at least 4 members (excludes halogenated alkanes) is 13. The summed E-state index contributed by atoms with van der Waals surface area (Å²) in [6.07, 6.45) is 19.4. The van der Waals surface area contributed by atoms with Gasteiger partial charge in [0.1, 0.15) is 19.3 Å². The van der Waals surface area contributed by atoms with Gasteiger partial charge in [-0.2, -0.15) is 0 Å². The number of carboxylic acid groups (broad SMARTS) is 2. The topological polar surface area (TPSA) is 245 Å². The Morgan fingerprint density at radius 2 is 0.984 bits per heavy atom. The van der Waals surface area contributed by atoms with E-state index in [1.807, 2.05) is 0 Å². The molecule has 6 N–H and O–H groups in total. The third-order valence-corrected chi connectivity index (χ3v) is 10.5. The van der Waals surface area contributed by atoms with Crippen molar-refractivity contribution >= 4 is 41.4 Å². The van der Waals surface area contributed by atoms with Gasteiger partial charge in [-0.3, -0.25) is 28.8 Å². The average Bonchev–Trinajstić information content (AvgIpc) is 3.23. The van der Waals surface area contributed by atoms with Gasteiger partial charge >= 0.3 is 11.9 Å². The summed E-state index contributed by atoms with van der Waals surface area (Å²) < 4.78 is 21.0. The molecule has 0 aromatic carbocycles. The van der Waals surface area contributed by atoms with E-state index in [2.05, 4.69) is 21.3 Å². The second-order valence-electron chi connectivity index (χ2n) is 16.0. The van der Waals surface area contributed by atoms with Crippen molar-refractivity contribution in [3.63, 3.8) is 0 Å². The third-order valence-electron chi connectivity index (χ3n) is 10.5. The maximum Gasteiger partial charge on any atom is 0.326 e. The molecule has 0 heterocycles. The molecular weight excluding hydrogens is 792 g/mol. The minimum Gasteiger partial charge on any atom is -0.481 e. The monoisotopic (exact) mass is 871 g/mol. The number of amides is 4. The molecule has 0 saturated heterocycles. The fourth-order valence-electron chi connectivity index (χ4n) is 6.97. The van der Waals surface area contributed by atoms with Gasteiger partial charge in [-0.1, -0.05) is 77.0 Å². The Labute approximate surface area is 363 Å². The van der Waals surface area contributed by atoms with Crippen molar-refractivity contribution < 1.29 is 62.7 Å². The molecule has 1 rings (SSSR count). The number of carbonyl (C=O) groups is 7. The summed E-state index contributed by atoms with van der Waals surface area (Å²) in [6, 6.07) is -1.18. The van der Waals surface area contributed by atoms with Crippen molar-refractivity contribution in [3.05, 3.63) is 0 Å². The molecule has 0 aromatic rings. The fourth-order valence-corrected chi connectivity index (χ4v) is 6.97. The van der Waals surface area contributed by atoms with Crippen LogP contribution in [0.4, 0.5) is 0 Å². The average molecular weight is 871 g/mol. The van der Waals surface area contributed by atoms with Crippen LogP contribution in [-0.2, 0) is 52.5 Å². The third kappa shape index (κ3) is 34.6. The van der Waals surface area contributed by atoms with Gasteiger partial charge in [-0.05, 0) is 57.8 Å². The van der Waals surface area contributed by atoms with Gasteiger partial charge in [0.2, 0.25) is 23.6 Å².